The summed E-state index contributed by atoms with van der Waals surface area (Å²) in [5, 5.41) is 3.30. The first-order valence-electron chi connectivity index (χ1n) is 6.78. The van der Waals surface area contributed by atoms with Gasteiger partial charge in [-0.1, -0.05) is 43.2 Å². The van der Waals surface area contributed by atoms with Gasteiger partial charge >= 0.3 is 0 Å². The number of aromatic amines is 1. The SMILES string of the molecule is O=c1c(Br)c(C2CCCC2)[nH]n1Cc1ccccc1. The molecular weight excluding hydrogens is 304 g/mol. The van der Waals surface area contributed by atoms with E-state index in [1.54, 1.807) is 4.68 Å². The molecule has 1 N–H and O–H groups in total. The average molecular weight is 321 g/mol. The number of benzene rings is 1. The van der Waals surface area contributed by atoms with Crippen LogP contribution in [0.25, 0.3) is 0 Å². The number of hydrogen-bond donors (Lipinski definition) is 1. The number of hydrogen-bond acceptors (Lipinski definition) is 1. The lowest BCUT2D eigenvalue weighted by Gasteiger charge is -2.07. The molecule has 19 heavy (non-hydrogen) atoms. The van der Waals surface area contributed by atoms with E-state index < -0.39 is 0 Å². The minimum Gasteiger partial charge on any atom is -0.298 e. The van der Waals surface area contributed by atoms with E-state index >= 15 is 0 Å². The van der Waals surface area contributed by atoms with Crippen LogP contribution in [0.3, 0.4) is 0 Å². The average Bonchev–Trinajstić information content (AvgIpc) is 3.04. The van der Waals surface area contributed by atoms with E-state index in [4.69, 9.17) is 0 Å². The van der Waals surface area contributed by atoms with Crippen molar-refractivity contribution in [2.24, 2.45) is 0 Å². The molecule has 1 fully saturated rings. The summed E-state index contributed by atoms with van der Waals surface area (Å²) in [4.78, 5) is 12.2. The predicted octanol–water partition coefficient (Wildman–Crippen LogP) is 3.64. The molecule has 1 saturated carbocycles. The van der Waals surface area contributed by atoms with Gasteiger partial charge in [-0.3, -0.25) is 9.89 Å². The van der Waals surface area contributed by atoms with Gasteiger partial charge < -0.3 is 0 Å². The molecule has 1 aromatic heterocycles. The largest absolute Gasteiger partial charge is 0.298 e. The summed E-state index contributed by atoms with van der Waals surface area (Å²) in [5.74, 6) is 0.513. The van der Waals surface area contributed by atoms with E-state index in [0.717, 1.165) is 15.7 Å². The van der Waals surface area contributed by atoms with Gasteiger partial charge in [0.2, 0.25) is 0 Å². The Morgan fingerprint density at radius 2 is 1.89 bits per heavy atom. The summed E-state index contributed by atoms with van der Waals surface area (Å²) in [6.07, 6.45) is 4.90. The van der Waals surface area contributed by atoms with Crippen LogP contribution in [-0.2, 0) is 6.54 Å². The second-order valence-electron chi connectivity index (χ2n) is 5.20. The van der Waals surface area contributed by atoms with Gasteiger partial charge in [-0.15, -0.1) is 0 Å². The van der Waals surface area contributed by atoms with E-state index in [1.165, 1.54) is 25.7 Å². The highest BCUT2D eigenvalue weighted by molar-refractivity contribution is 9.10. The van der Waals surface area contributed by atoms with Crippen molar-refractivity contribution in [1.82, 2.24) is 9.78 Å². The van der Waals surface area contributed by atoms with Crippen molar-refractivity contribution in [2.45, 2.75) is 38.1 Å². The summed E-state index contributed by atoms with van der Waals surface area (Å²) in [6.45, 7) is 0.602. The molecule has 0 aliphatic heterocycles. The number of nitrogens with one attached hydrogen (secondary N) is 1. The van der Waals surface area contributed by atoms with Crippen LogP contribution in [0.4, 0.5) is 0 Å². The molecule has 0 amide bonds. The zero-order valence-electron chi connectivity index (χ0n) is 10.7. The Morgan fingerprint density at radius 3 is 2.58 bits per heavy atom. The van der Waals surface area contributed by atoms with Gasteiger partial charge in [-0.05, 0) is 34.3 Å². The summed E-state index contributed by atoms with van der Waals surface area (Å²) >= 11 is 3.46. The molecule has 2 aromatic rings. The van der Waals surface area contributed by atoms with Crippen molar-refractivity contribution in [3.05, 3.63) is 56.4 Å². The number of nitrogens with zero attached hydrogens (tertiary/aromatic N) is 1. The van der Waals surface area contributed by atoms with Crippen LogP contribution in [0.2, 0.25) is 0 Å². The van der Waals surface area contributed by atoms with Gasteiger partial charge in [0.1, 0.15) is 4.47 Å². The monoisotopic (exact) mass is 320 g/mol. The van der Waals surface area contributed by atoms with Gasteiger partial charge in [0.05, 0.1) is 12.2 Å². The second-order valence-corrected chi connectivity index (χ2v) is 5.99. The van der Waals surface area contributed by atoms with Crippen molar-refractivity contribution < 1.29 is 0 Å². The quantitative estimate of drug-likeness (QED) is 0.921. The number of halogens is 1. The van der Waals surface area contributed by atoms with Crippen LogP contribution in [0, 0.1) is 0 Å². The fourth-order valence-corrected chi connectivity index (χ4v) is 3.47. The zero-order chi connectivity index (χ0) is 13.2. The Bertz CT molecular complexity index is 609. The first-order valence-corrected chi connectivity index (χ1v) is 7.57. The van der Waals surface area contributed by atoms with Crippen molar-refractivity contribution in [3.63, 3.8) is 0 Å². The first-order chi connectivity index (χ1) is 9.25. The van der Waals surface area contributed by atoms with Gasteiger partial charge in [0.25, 0.3) is 5.56 Å². The van der Waals surface area contributed by atoms with Crippen LogP contribution in [0.15, 0.2) is 39.6 Å². The molecule has 0 spiro atoms. The molecule has 0 atom stereocenters. The van der Waals surface area contributed by atoms with Gasteiger partial charge in [0, 0.05) is 5.92 Å². The fourth-order valence-electron chi connectivity index (χ4n) is 2.84. The maximum Gasteiger partial charge on any atom is 0.281 e. The zero-order valence-corrected chi connectivity index (χ0v) is 12.3. The molecule has 1 aliphatic rings. The Kier molecular flexibility index (Phi) is 3.60. The van der Waals surface area contributed by atoms with Crippen molar-refractivity contribution >= 4 is 15.9 Å². The van der Waals surface area contributed by atoms with E-state index in [2.05, 4.69) is 21.0 Å². The standard InChI is InChI=1S/C15H17BrN2O/c16-13-14(12-8-4-5-9-12)17-18(15(13)19)10-11-6-2-1-3-7-11/h1-3,6-7,12,17H,4-5,8-10H2. The third-order valence-corrected chi connectivity index (χ3v) is 4.64. The smallest absolute Gasteiger partial charge is 0.281 e. The summed E-state index contributed by atoms with van der Waals surface area (Å²) in [5.41, 5.74) is 2.26. The molecular formula is C15H17BrN2O. The van der Waals surface area contributed by atoms with Crippen molar-refractivity contribution in [3.8, 4) is 0 Å². The molecule has 3 nitrogen and oxygen atoms in total. The van der Waals surface area contributed by atoms with Crippen LogP contribution < -0.4 is 5.56 Å². The third kappa shape index (κ3) is 2.54. The maximum atomic E-state index is 12.2. The molecule has 1 aliphatic carbocycles. The van der Waals surface area contributed by atoms with E-state index in [1.807, 2.05) is 30.3 Å². The van der Waals surface area contributed by atoms with Crippen molar-refractivity contribution in [2.75, 3.05) is 0 Å². The van der Waals surface area contributed by atoms with Crippen LogP contribution in [0.5, 0.6) is 0 Å². The van der Waals surface area contributed by atoms with E-state index in [0.29, 0.717) is 12.5 Å². The van der Waals surface area contributed by atoms with Gasteiger partial charge in [-0.25, -0.2) is 4.68 Å². The van der Waals surface area contributed by atoms with Gasteiger partial charge in [-0.2, -0.15) is 0 Å². The topological polar surface area (TPSA) is 37.8 Å². The number of H-pyrrole nitrogens is 1. The first kappa shape index (κ1) is 12.7. The van der Waals surface area contributed by atoms with Crippen LogP contribution in [-0.4, -0.2) is 9.78 Å². The minimum atomic E-state index is 0.0470. The summed E-state index contributed by atoms with van der Waals surface area (Å²) in [6, 6.07) is 10.1. The highest BCUT2D eigenvalue weighted by atomic mass is 79.9. The Morgan fingerprint density at radius 1 is 1.21 bits per heavy atom. The van der Waals surface area contributed by atoms with Gasteiger partial charge in [0.15, 0.2) is 0 Å². The minimum absolute atomic E-state index is 0.0470. The molecule has 3 rings (SSSR count). The van der Waals surface area contributed by atoms with Crippen LogP contribution >= 0.6 is 15.9 Å². The molecule has 1 heterocycles. The number of aromatic nitrogens is 2. The highest BCUT2D eigenvalue weighted by Gasteiger charge is 2.23. The van der Waals surface area contributed by atoms with Crippen molar-refractivity contribution in [1.29, 1.82) is 0 Å². The van der Waals surface area contributed by atoms with E-state index in [9.17, 15) is 4.79 Å². The molecule has 0 radical (unpaired) electrons. The second kappa shape index (κ2) is 5.37. The predicted molar refractivity (Wildman–Crippen MR) is 79.5 cm³/mol. The lowest BCUT2D eigenvalue weighted by atomic mass is 10.1. The highest BCUT2D eigenvalue weighted by Crippen LogP contribution is 2.35. The molecule has 4 heteroatoms. The number of rotatable bonds is 3. The lowest BCUT2D eigenvalue weighted by Crippen LogP contribution is -2.17. The Hall–Kier alpha value is -1.29. The van der Waals surface area contributed by atoms with Crippen LogP contribution in [0.1, 0.15) is 42.9 Å². The third-order valence-electron chi connectivity index (χ3n) is 3.87. The lowest BCUT2D eigenvalue weighted by molar-refractivity contribution is 0.618. The fraction of sp³-hybridized carbons (Fsp3) is 0.400. The molecule has 0 unspecified atom stereocenters. The van der Waals surface area contributed by atoms with E-state index in [-0.39, 0.29) is 5.56 Å². The molecule has 1 aromatic carbocycles. The molecule has 0 bridgehead atoms. The Labute approximate surface area is 120 Å². The normalized spacial score (nSPS) is 16.1. The summed E-state index contributed by atoms with van der Waals surface area (Å²) in [7, 11) is 0. The Balaban J connectivity index is 1.90. The summed E-state index contributed by atoms with van der Waals surface area (Å²) < 4.78 is 2.42. The molecule has 100 valence electrons. The maximum absolute atomic E-state index is 12.2. The molecule has 0 saturated heterocycles.